The number of halogens is 2. The summed E-state index contributed by atoms with van der Waals surface area (Å²) < 4.78 is 1.58. The van der Waals surface area contributed by atoms with Crippen LogP contribution in [0, 0.1) is 0 Å². The van der Waals surface area contributed by atoms with Gasteiger partial charge >= 0.3 is 142 Å². The van der Waals surface area contributed by atoms with Gasteiger partial charge in [-0.05, 0) is 0 Å². The molecule has 0 radical (unpaired) electrons. The number of hydrogen-bond donors (Lipinski definition) is 0. The third kappa shape index (κ3) is 5.41. The fourth-order valence-corrected chi connectivity index (χ4v) is 12.0. The van der Waals surface area contributed by atoms with E-state index in [0.29, 0.717) is 0 Å². The Morgan fingerprint density at radius 3 is 2.09 bits per heavy atom. The molecule has 0 N–H and O–H groups in total. The Bertz CT molecular complexity index is 578. The maximum atomic E-state index is 2.51. The Morgan fingerprint density at radius 1 is 1.00 bits per heavy atom. The normalized spacial score (nSPS) is 14.7. The molecule has 0 unspecified atom stereocenters. The molecule has 2 rings (SSSR count). The summed E-state index contributed by atoms with van der Waals surface area (Å²) in [5, 5.41) is 3.26. The Hall–Kier alpha value is 0.778. The number of benzene rings is 1. The Morgan fingerprint density at radius 2 is 1.59 bits per heavy atom. The van der Waals surface area contributed by atoms with Crippen LogP contribution >= 0.6 is 11.2 Å². The molecule has 0 saturated carbocycles. The van der Waals surface area contributed by atoms with Crippen molar-refractivity contribution in [3.8, 4) is 0 Å². The third-order valence-electron chi connectivity index (χ3n) is 3.58. The minimum absolute atomic E-state index is 0. The van der Waals surface area contributed by atoms with Gasteiger partial charge in [0.15, 0.2) is 0 Å². The summed E-state index contributed by atoms with van der Waals surface area (Å²) >= 11 is 4.45. The van der Waals surface area contributed by atoms with Crippen LogP contribution in [0.3, 0.4) is 0 Å². The van der Waals surface area contributed by atoms with E-state index in [2.05, 4.69) is 101 Å². The molecule has 0 spiro atoms. The molecule has 1 aliphatic rings. The fourth-order valence-electron chi connectivity index (χ4n) is 2.64. The largest absolute Gasteiger partial charge is 1.00 e. The quantitative estimate of drug-likeness (QED) is 0.552. The summed E-state index contributed by atoms with van der Waals surface area (Å²) in [6.45, 7) is 12.3. The first-order valence-electron chi connectivity index (χ1n) is 7.12. The van der Waals surface area contributed by atoms with E-state index in [1.807, 2.05) is 0 Å². The molecule has 0 saturated heterocycles. The monoisotopic (exact) mass is 421 g/mol. The average molecular weight is 422 g/mol. The summed E-state index contributed by atoms with van der Waals surface area (Å²) in [6, 6.07) is 9.12. The zero-order valence-electron chi connectivity index (χ0n) is 13.8. The molecule has 0 aliphatic heterocycles. The first kappa shape index (κ1) is 22.8. The van der Waals surface area contributed by atoms with Crippen molar-refractivity contribution in [2.24, 2.45) is 0 Å². The van der Waals surface area contributed by atoms with E-state index in [9.17, 15) is 0 Å². The van der Waals surface area contributed by atoms with Crippen molar-refractivity contribution in [2.45, 2.75) is 44.1 Å². The summed E-state index contributed by atoms with van der Waals surface area (Å²) in [6.07, 6.45) is 5.86. The van der Waals surface area contributed by atoms with Gasteiger partial charge in [0.2, 0.25) is 0 Å². The second-order valence-corrected chi connectivity index (χ2v) is 21.3. The van der Waals surface area contributed by atoms with Crippen molar-refractivity contribution >= 4 is 31.7 Å². The molecule has 119 valence electrons. The van der Waals surface area contributed by atoms with Crippen LogP contribution < -0.4 is 30.0 Å². The first-order valence-corrected chi connectivity index (χ1v) is 15.9. The summed E-state index contributed by atoms with van der Waals surface area (Å²) in [4.78, 5) is 1.53. The zero-order chi connectivity index (χ0) is 15.0. The van der Waals surface area contributed by atoms with Crippen LogP contribution in [0.2, 0.25) is 32.7 Å². The molecule has 0 heterocycles. The van der Waals surface area contributed by atoms with Gasteiger partial charge in [0.05, 0.1) is 0 Å². The van der Waals surface area contributed by atoms with Gasteiger partial charge < -0.3 is 24.8 Å². The Kier molecular flexibility index (Phi) is 9.06. The topological polar surface area (TPSA) is 0 Å². The van der Waals surface area contributed by atoms with Crippen LogP contribution in [-0.2, 0) is 20.4 Å². The molecule has 0 bridgehead atoms. The van der Waals surface area contributed by atoms with Crippen LogP contribution in [0.5, 0.6) is 0 Å². The minimum Gasteiger partial charge on any atom is -1.00 e. The van der Waals surface area contributed by atoms with Gasteiger partial charge in [0.1, 0.15) is 0 Å². The van der Waals surface area contributed by atoms with Gasteiger partial charge in [0.25, 0.3) is 0 Å². The third-order valence-corrected chi connectivity index (χ3v) is 12.2. The number of allylic oxidation sites excluding steroid dienone is 4. The smallest absolute Gasteiger partial charge is 1.00 e. The minimum atomic E-state index is -1.56. The Labute approximate surface area is 165 Å². The molecular formula is C16H23Cl2SSi2Ti. The van der Waals surface area contributed by atoms with Gasteiger partial charge in [-0.15, -0.1) is 0 Å². The molecule has 6 heteroatoms. The summed E-state index contributed by atoms with van der Waals surface area (Å²) in [7, 11) is -2.72. The molecule has 22 heavy (non-hydrogen) atoms. The molecule has 0 fully saturated rings. The standard InChI is InChI=1S/C16H23SSi2.2ClH.Ti/c1-18(2,3)17-15-12-8-9-13-16(15)19(4,5)14-10-6-7-11-14;;;/h6,8-10,12-13H,7H2,1-5H3;2*1H;/q;;;+2/p-2. The molecule has 1 aromatic carbocycles. The van der Waals surface area contributed by atoms with Crippen molar-refractivity contribution in [3.05, 3.63) is 45.5 Å². The van der Waals surface area contributed by atoms with Crippen molar-refractivity contribution < 1.29 is 45.2 Å². The predicted molar refractivity (Wildman–Crippen MR) is 93.5 cm³/mol. The molecule has 0 aromatic heterocycles. The van der Waals surface area contributed by atoms with Gasteiger partial charge in [-0.2, -0.15) is 0 Å². The number of rotatable bonds is 4. The fraction of sp³-hybridized carbons (Fsp3) is 0.375. The molecular weight excluding hydrogens is 399 g/mol. The predicted octanol–water partition coefficient (Wildman–Crippen LogP) is -1.16. The summed E-state index contributed by atoms with van der Waals surface area (Å²) in [5.41, 5.74) is 0. The second kappa shape index (κ2) is 8.75. The van der Waals surface area contributed by atoms with E-state index >= 15 is 0 Å². The van der Waals surface area contributed by atoms with Crippen LogP contribution in [0.15, 0.2) is 50.4 Å². The Balaban J connectivity index is 0.00000220. The van der Waals surface area contributed by atoms with Gasteiger partial charge in [-0.3, -0.25) is 0 Å². The van der Waals surface area contributed by atoms with Gasteiger partial charge in [-0.1, -0.05) is 0 Å². The van der Waals surface area contributed by atoms with Crippen LogP contribution in [0.4, 0.5) is 0 Å². The zero-order valence-corrected chi connectivity index (χ0v) is 19.7. The van der Waals surface area contributed by atoms with E-state index in [0.717, 1.165) is 6.42 Å². The van der Waals surface area contributed by atoms with Gasteiger partial charge in [0, 0.05) is 0 Å². The van der Waals surface area contributed by atoms with E-state index in [4.69, 9.17) is 0 Å². The van der Waals surface area contributed by atoms with E-state index in [1.54, 1.807) is 14.3 Å². The molecule has 1 aliphatic carbocycles. The number of hydrogen-bond acceptors (Lipinski definition) is 1. The van der Waals surface area contributed by atoms with E-state index in [-0.39, 0.29) is 24.8 Å². The molecule has 0 amide bonds. The average Bonchev–Trinajstić information content (AvgIpc) is 2.74. The second-order valence-electron chi connectivity index (χ2n) is 6.83. The van der Waals surface area contributed by atoms with Crippen LogP contribution in [-0.4, -0.2) is 15.3 Å². The van der Waals surface area contributed by atoms with E-state index in [1.165, 1.54) is 4.90 Å². The van der Waals surface area contributed by atoms with Crippen molar-refractivity contribution in [1.82, 2.24) is 0 Å². The maximum absolute atomic E-state index is 2.51. The molecule has 1 aromatic rings. The SMILES string of the molecule is C[Si](C)(C)Sc1ccccc1[Si](C)(C)C1=[C]([Ti+2])CC=C1.[Cl-].[Cl-]. The van der Waals surface area contributed by atoms with Crippen molar-refractivity contribution in [2.75, 3.05) is 0 Å². The maximum Gasteiger partial charge on any atom is -1.00 e. The van der Waals surface area contributed by atoms with Crippen molar-refractivity contribution in [1.29, 1.82) is 0 Å². The molecule has 0 atom stereocenters. The van der Waals surface area contributed by atoms with E-state index < -0.39 is 15.3 Å². The van der Waals surface area contributed by atoms with Crippen LogP contribution in [0.1, 0.15) is 6.42 Å². The summed E-state index contributed by atoms with van der Waals surface area (Å²) in [5.74, 6) is 0. The van der Waals surface area contributed by atoms with Crippen molar-refractivity contribution in [3.63, 3.8) is 0 Å². The first-order chi connectivity index (χ1) is 9.22. The molecule has 0 nitrogen and oxygen atoms in total. The van der Waals surface area contributed by atoms with Gasteiger partial charge in [-0.25, -0.2) is 0 Å². The van der Waals surface area contributed by atoms with Crippen LogP contribution in [0.25, 0.3) is 0 Å².